The number of halogens is 1. The zero-order valence-corrected chi connectivity index (χ0v) is 12.7. The van der Waals surface area contributed by atoms with E-state index >= 15 is 0 Å². The molecule has 0 radical (unpaired) electrons. The predicted octanol–water partition coefficient (Wildman–Crippen LogP) is 2.15. The summed E-state index contributed by atoms with van der Waals surface area (Å²) < 4.78 is 11.0. The van der Waals surface area contributed by atoms with Gasteiger partial charge in [0.1, 0.15) is 6.04 Å². The highest BCUT2D eigenvalue weighted by atomic mass is 79.9. The second-order valence-corrected chi connectivity index (χ2v) is 4.96. The zero-order chi connectivity index (χ0) is 14.5. The Balaban J connectivity index is 2.03. The van der Waals surface area contributed by atoms with Gasteiger partial charge in [0, 0.05) is 4.47 Å². The molecule has 1 N–H and O–H groups in total. The molecule has 0 saturated heterocycles. The topological polar surface area (TPSA) is 77.2 Å². The monoisotopic (exact) mass is 339 g/mol. The first kappa shape index (κ1) is 14.7. The van der Waals surface area contributed by atoms with Gasteiger partial charge in [-0.1, -0.05) is 12.1 Å². The highest BCUT2D eigenvalue weighted by Crippen LogP contribution is 2.26. The van der Waals surface area contributed by atoms with Gasteiger partial charge in [0.2, 0.25) is 11.8 Å². The third-order valence-corrected chi connectivity index (χ3v) is 3.38. The van der Waals surface area contributed by atoms with E-state index in [1.165, 1.54) is 7.11 Å². The van der Waals surface area contributed by atoms with Crippen LogP contribution >= 0.6 is 15.9 Å². The molecule has 0 saturated carbocycles. The molecule has 0 fully saturated rings. The molecule has 0 spiro atoms. The maximum atomic E-state index is 11.2. The van der Waals surface area contributed by atoms with Gasteiger partial charge in [-0.3, -0.25) is 10.1 Å². The van der Waals surface area contributed by atoms with Gasteiger partial charge in [-0.05, 0) is 35.0 Å². The lowest BCUT2D eigenvalue weighted by molar-refractivity contribution is -0.142. The first-order chi connectivity index (χ1) is 9.61. The van der Waals surface area contributed by atoms with E-state index in [-0.39, 0.29) is 5.97 Å². The number of rotatable bonds is 5. The minimum absolute atomic E-state index is 0.299. The number of carbonyl (C=O) groups excluding carboxylic acids is 1. The fourth-order valence-corrected chi connectivity index (χ4v) is 2.02. The van der Waals surface area contributed by atoms with Gasteiger partial charge in [0.05, 0.1) is 19.2 Å². The van der Waals surface area contributed by atoms with E-state index in [4.69, 9.17) is 4.42 Å². The number of ether oxygens (including phenoxy) is 1. The van der Waals surface area contributed by atoms with Gasteiger partial charge in [0.25, 0.3) is 0 Å². The SMILES string of the molecule is COC(=O)C(C)NCc1nnc(-c2ccccc2Br)o1. The number of methoxy groups -OCH3 is 1. The van der Waals surface area contributed by atoms with E-state index in [0.717, 1.165) is 10.0 Å². The molecule has 0 aliphatic rings. The van der Waals surface area contributed by atoms with Crippen LogP contribution in [0.3, 0.4) is 0 Å². The van der Waals surface area contributed by atoms with Crippen molar-refractivity contribution >= 4 is 21.9 Å². The van der Waals surface area contributed by atoms with Gasteiger partial charge in [-0.2, -0.15) is 0 Å². The van der Waals surface area contributed by atoms with Crippen molar-refractivity contribution in [2.45, 2.75) is 19.5 Å². The van der Waals surface area contributed by atoms with Crippen LogP contribution in [0.15, 0.2) is 33.2 Å². The van der Waals surface area contributed by atoms with Crippen LogP contribution in [0.1, 0.15) is 12.8 Å². The minimum Gasteiger partial charge on any atom is -0.468 e. The lowest BCUT2D eigenvalue weighted by Crippen LogP contribution is -2.34. The molecule has 2 rings (SSSR count). The normalized spacial score (nSPS) is 12.2. The van der Waals surface area contributed by atoms with Crippen LogP contribution in [-0.2, 0) is 16.1 Å². The summed E-state index contributed by atoms with van der Waals surface area (Å²) in [6.45, 7) is 2.00. The van der Waals surface area contributed by atoms with E-state index in [9.17, 15) is 4.79 Å². The van der Waals surface area contributed by atoms with Crippen molar-refractivity contribution in [2.24, 2.45) is 0 Å². The molecular formula is C13H14BrN3O3. The molecule has 1 aromatic carbocycles. The molecule has 20 heavy (non-hydrogen) atoms. The van der Waals surface area contributed by atoms with E-state index in [1.54, 1.807) is 6.92 Å². The summed E-state index contributed by atoms with van der Waals surface area (Å²) in [4.78, 5) is 11.2. The van der Waals surface area contributed by atoms with Crippen LogP contribution in [0.4, 0.5) is 0 Å². The van der Waals surface area contributed by atoms with Crippen molar-refractivity contribution in [1.29, 1.82) is 0 Å². The van der Waals surface area contributed by atoms with Crippen LogP contribution < -0.4 is 5.32 Å². The first-order valence-electron chi connectivity index (χ1n) is 6.00. The highest BCUT2D eigenvalue weighted by Gasteiger charge is 2.15. The predicted molar refractivity (Wildman–Crippen MR) is 75.8 cm³/mol. The number of hydrogen-bond acceptors (Lipinski definition) is 6. The quantitative estimate of drug-likeness (QED) is 0.841. The first-order valence-corrected chi connectivity index (χ1v) is 6.79. The van der Waals surface area contributed by atoms with Gasteiger partial charge < -0.3 is 9.15 Å². The molecule has 0 aliphatic carbocycles. The molecule has 1 atom stereocenters. The van der Waals surface area contributed by atoms with Crippen LogP contribution in [0.2, 0.25) is 0 Å². The maximum Gasteiger partial charge on any atom is 0.322 e. The lowest BCUT2D eigenvalue weighted by Gasteiger charge is -2.08. The molecule has 0 bridgehead atoms. The lowest BCUT2D eigenvalue weighted by atomic mass is 10.2. The average molecular weight is 340 g/mol. The molecule has 7 heteroatoms. The molecule has 0 amide bonds. The molecule has 2 aromatic rings. The van der Waals surface area contributed by atoms with Gasteiger partial charge in [-0.15, -0.1) is 10.2 Å². The van der Waals surface area contributed by atoms with Crippen molar-refractivity contribution in [3.63, 3.8) is 0 Å². The highest BCUT2D eigenvalue weighted by molar-refractivity contribution is 9.10. The van der Waals surface area contributed by atoms with Gasteiger partial charge in [0.15, 0.2) is 0 Å². The maximum absolute atomic E-state index is 11.2. The number of carbonyl (C=O) groups is 1. The van der Waals surface area contributed by atoms with Crippen molar-refractivity contribution < 1.29 is 13.9 Å². The average Bonchev–Trinajstić information content (AvgIpc) is 2.93. The van der Waals surface area contributed by atoms with Crippen molar-refractivity contribution in [1.82, 2.24) is 15.5 Å². The smallest absolute Gasteiger partial charge is 0.322 e. The van der Waals surface area contributed by atoms with Crippen LogP contribution in [0, 0.1) is 0 Å². The van der Waals surface area contributed by atoms with Crippen molar-refractivity contribution in [2.75, 3.05) is 7.11 Å². The Morgan fingerprint density at radius 3 is 2.90 bits per heavy atom. The fourth-order valence-electron chi connectivity index (χ4n) is 1.57. The van der Waals surface area contributed by atoms with E-state index in [0.29, 0.717) is 18.3 Å². The molecule has 0 aliphatic heterocycles. The second kappa shape index (κ2) is 6.62. The van der Waals surface area contributed by atoms with Gasteiger partial charge in [-0.25, -0.2) is 0 Å². The van der Waals surface area contributed by atoms with E-state index in [1.807, 2.05) is 24.3 Å². The fraction of sp³-hybridized carbons (Fsp3) is 0.308. The molecular weight excluding hydrogens is 326 g/mol. The minimum atomic E-state index is -0.432. The number of nitrogens with one attached hydrogen (secondary N) is 1. The summed E-state index contributed by atoms with van der Waals surface area (Å²) >= 11 is 3.43. The number of hydrogen-bond donors (Lipinski definition) is 1. The summed E-state index contributed by atoms with van der Waals surface area (Å²) in [7, 11) is 1.35. The third-order valence-electron chi connectivity index (χ3n) is 2.69. The Bertz CT molecular complexity index is 600. The molecule has 6 nitrogen and oxygen atoms in total. The third kappa shape index (κ3) is 3.43. The number of benzene rings is 1. The molecule has 106 valence electrons. The second-order valence-electron chi connectivity index (χ2n) is 4.11. The number of nitrogens with zero attached hydrogens (tertiary/aromatic N) is 2. The molecule has 1 heterocycles. The Hall–Kier alpha value is -1.73. The largest absolute Gasteiger partial charge is 0.468 e. The van der Waals surface area contributed by atoms with Gasteiger partial charge >= 0.3 is 5.97 Å². The molecule has 1 unspecified atom stereocenters. The number of aromatic nitrogens is 2. The summed E-state index contributed by atoms with van der Waals surface area (Å²) in [5.41, 5.74) is 0.826. The Morgan fingerprint density at radius 1 is 1.45 bits per heavy atom. The zero-order valence-electron chi connectivity index (χ0n) is 11.1. The summed E-state index contributed by atoms with van der Waals surface area (Å²) in [6.07, 6.45) is 0. The Kier molecular flexibility index (Phi) is 4.86. The van der Waals surface area contributed by atoms with Crippen molar-refractivity contribution in [3.05, 3.63) is 34.6 Å². The van der Waals surface area contributed by atoms with Crippen LogP contribution in [-0.4, -0.2) is 29.3 Å². The summed E-state index contributed by atoms with van der Waals surface area (Å²) in [5, 5.41) is 10.9. The summed E-state index contributed by atoms with van der Waals surface area (Å²) in [5.74, 6) is 0.502. The van der Waals surface area contributed by atoms with E-state index in [2.05, 4.69) is 36.2 Å². The summed E-state index contributed by atoms with van der Waals surface area (Å²) in [6, 6.07) is 7.15. The van der Waals surface area contributed by atoms with E-state index < -0.39 is 6.04 Å². The Labute approximate surface area is 124 Å². The molecule has 1 aromatic heterocycles. The number of esters is 1. The Morgan fingerprint density at radius 2 is 2.20 bits per heavy atom. The standard InChI is InChI=1S/C13H14BrN3O3/c1-8(13(18)19-2)15-7-11-16-17-12(20-11)9-5-3-4-6-10(9)14/h3-6,8,15H,7H2,1-2H3. The van der Waals surface area contributed by atoms with Crippen molar-refractivity contribution in [3.8, 4) is 11.5 Å². The van der Waals surface area contributed by atoms with Crippen LogP contribution in [0.25, 0.3) is 11.5 Å². The van der Waals surface area contributed by atoms with Crippen LogP contribution in [0.5, 0.6) is 0 Å².